The van der Waals surface area contributed by atoms with Crippen LogP contribution < -0.4 is 20.5 Å². The van der Waals surface area contributed by atoms with Gasteiger partial charge in [-0.15, -0.1) is 0 Å². The van der Waals surface area contributed by atoms with Crippen molar-refractivity contribution in [2.24, 2.45) is 0 Å². The third-order valence-corrected chi connectivity index (χ3v) is 7.73. The largest absolute Gasteiger partial charge is 0.493 e. The number of aryl methyl sites for hydroxylation is 1. The lowest BCUT2D eigenvalue weighted by atomic mass is 9.97. The molecule has 9 nitrogen and oxygen atoms in total. The number of hydrogen-bond acceptors (Lipinski definition) is 6. The Morgan fingerprint density at radius 3 is 2.74 bits per heavy atom. The zero-order valence-electron chi connectivity index (χ0n) is 24.0. The van der Waals surface area contributed by atoms with Crippen LogP contribution in [0.25, 0.3) is 33.4 Å². The third kappa shape index (κ3) is 5.07. The Balaban J connectivity index is 1.40. The number of nitrogen functional groups attached to an aromatic ring is 1. The normalized spacial score (nSPS) is 13.1. The summed E-state index contributed by atoms with van der Waals surface area (Å²) in [5, 5.41) is 14.4. The SMILES string of the molecule is COc1cc2c(cc1OC(C)C)-c1cc(C(=O)N[C@@H](CO)Cc3c[nH]c4ccccc34)c(-c3ccc(N)nc3)n1CC2. The van der Waals surface area contributed by atoms with E-state index >= 15 is 0 Å². The number of nitrogens with one attached hydrogen (secondary N) is 2. The van der Waals surface area contributed by atoms with Crippen LogP contribution in [0.4, 0.5) is 5.82 Å². The van der Waals surface area contributed by atoms with Crippen molar-refractivity contribution < 1.29 is 19.4 Å². The molecule has 42 heavy (non-hydrogen) atoms. The van der Waals surface area contributed by atoms with E-state index in [9.17, 15) is 9.90 Å². The molecule has 0 unspecified atom stereocenters. The molecule has 6 rings (SSSR count). The number of amides is 1. The van der Waals surface area contributed by atoms with Crippen LogP contribution in [0.5, 0.6) is 11.5 Å². The number of pyridine rings is 1. The Morgan fingerprint density at radius 2 is 2.00 bits per heavy atom. The Morgan fingerprint density at radius 1 is 1.17 bits per heavy atom. The number of rotatable bonds is 9. The van der Waals surface area contributed by atoms with E-state index < -0.39 is 6.04 Å². The molecule has 1 aliphatic heterocycles. The average Bonchev–Trinajstić information content (AvgIpc) is 3.58. The summed E-state index contributed by atoms with van der Waals surface area (Å²) in [6.45, 7) is 4.42. The lowest BCUT2D eigenvalue weighted by molar-refractivity contribution is 0.0917. The van der Waals surface area contributed by atoms with Gasteiger partial charge in [0.15, 0.2) is 11.5 Å². The van der Waals surface area contributed by atoms with Crippen LogP contribution in [0, 0.1) is 0 Å². The zero-order chi connectivity index (χ0) is 29.4. The molecule has 2 aromatic carbocycles. The first-order valence-electron chi connectivity index (χ1n) is 14.2. The van der Waals surface area contributed by atoms with Crippen LogP contribution in [0.15, 0.2) is 67.0 Å². The van der Waals surface area contributed by atoms with Crippen LogP contribution in [0.3, 0.4) is 0 Å². The topological polar surface area (TPSA) is 127 Å². The van der Waals surface area contributed by atoms with E-state index in [-0.39, 0.29) is 18.6 Å². The smallest absolute Gasteiger partial charge is 0.253 e. The minimum absolute atomic E-state index is 0.0300. The fourth-order valence-electron chi connectivity index (χ4n) is 5.81. The first-order chi connectivity index (χ1) is 20.4. The second-order valence-electron chi connectivity index (χ2n) is 10.9. The van der Waals surface area contributed by atoms with Gasteiger partial charge in [0.1, 0.15) is 5.82 Å². The van der Waals surface area contributed by atoms with Crippen LogP contribution in [-0.2, 0) is 19.4 Å². The molecule has 216 valence electrons. The van der Waals surface area contributed by atoms with Crippen LogP contribution in [0.1, 0.15) is 35.3 Å². The number of para-hydroxylation sites is 1. The standard InChI is InChI=1S/C33H35N5O4/c1-19(2)42-30-15-25-20(13-29(30)41-3)10-11-38-28(25)14-26(32(38)21-8-9-31(34)36-16-21)33(40)37-23(18-39)12-22-17-35-27-7-5-4-6-24(22)27/h4-9,13-17,19,23,35,39H,10-12,18H2,1-3H3,(H2,34,36)(H,37,40)/t23-/m1/s1. The lowest BCUT2D eigenvalue weighted by Gasteiger charge is -2.24. The summed E-state index contributed by atoms with van der Waals surface area (Å²) in [6, 6.07) is 17.1. The highest BCUT2D eigenvalue weighted by Gasteiger charge is 2.29. The van der Waals surface area contributed by atoms with Crippen LogP contribution in [-0.4, -0.2) is 51.4 Å². The average molecular weight is 566 g/mol. The molecule has 1 atom stereocenters. The van der Waals surface area contributed by atoms with Gasteiger partial charge >= 0.3 is 0 Å². The first kappa shape index (κ1) is 27.4. The second kappa shape index (κ2) is 11.3. The minimum Gasteiger partial charge on any atom is -0.493 e. The fourth-order valence-corrected chi connectivity index (χ4v) is 5.81. The molecule has 1 amide bonds. The van der Waals surface area contributed by atoms with Crippen molar-refractivity contribution in [3.63, 3.8) is 0 Å². The van der Waals surface area contributed by atoms with Gasteiger partial charge in [-0.3, -0.25) is 4.79 Å². The molecule has 0 aliphatic carbocycles. The summed E-state index contributed by atoms with van der Waals surface area (Å²) >= 11 is 0. The molecule has 9 heteroatoms. The molecule has 5 N–H and O–H groups in total. The van der Waals surface area contributed by atoms with Crippen molar-refractivity contribution in [1.82, 2.24) is 19.9 Å². The molecule has 5 aromatic rings. The second-order valence-corrected chi connectivity index (χ2v) is 10.9. The minimum atomic E-state index is -0.478. The van der Waals surface area contributed by atoms with E-state index in [0.29, 0.717) is 35.8 Å². The monoisotopic (exact) mass is 565 g/mol. The quantitative estimate of drug-likeness (QED) is 0.200. The Bertz CT molecular complexity index is 1750. The number of nitrogens with zero attached hydrogens (tertiary/aromatic N) is 2. The van der Waals surface area contributed by atoms with Gasteiger partial charge in [0.05, 0.1) is 37.1 Å². The van der Waals surface area contributed by atoms with Gasteiger partial charge in [-0.1, -0.05) is 18.2 Å². The number of carbonyl (C=O) groups is 1. The number of hydrogen-bond donors (Lipinski definition) is 4. The van der Waals surface area contributed by atoms with E-state index in [1.165, 1.54) is 0 Å². The zero-order valence-corrected chi connectivity index (χ0v) is 24.0. The number of ether oxygens (including phenoxy) is 2. The number of aromatic amines is 1. The maximum Gasteiger partial charge on any atom is 0.253 e. The van der Waals surface area contributed by atoms with E-state index in [2.05, 4.69) is 19.9 Å². The van der Waals surface area contributed by atoms with Gasteiger partial charge in [0.2, 0.25) is 0 Å². The molecule has 0 saturated carbocycles. The lowest BCUT2D eigenvalue weighted by Crippen LogP contribution is -2.39. The Labute approximate surface area is 244 Å². The van der Waals surface area contributed by atoms with E-state index in [1.54, 1.807) is 19.4 Å². The molecule has 0 bridgehead atoms. The molecule has 1 aliphatic rings. The Hall–Kier alpha value is -4.76. The number of nitrogens with two attached hydrogens (primary N) is 1. The number of methoxy groups -OCH3 is 1. The maximum absolute atomic E-state index is 14.0. The molecular weight excluding hydrogens is 530 g/mol. The van der Waals surface area contributed by atoms with E-state index in [1.807, 2.05) is 68.6 Å². The van der Waals surface area contributed by atoms with Crippen LogP contribution >= 0.6 is 0 Å². The summed E-state index contributed by atoms with van der Waals surface area (Å²) in [6.07, 6.45) is 4.84. The summed E-state index contributed by atoms with van der Waals surface area (Å²) < 4.78 is 13.9. The molecule has 3 aromatic heterocycles. The first-order valence-corrected chi connectivity index (χ1v) is 14.2. The van der Waals surface area contributed by atoms with E-state index in [4.69, 9.17) is 15.2 Å². The van der Waals surface area contributed by atoms with Gasteiger partial charge < -0.3 is 35.2 Å². The number of anilines is 1. The van der Waals surface area contributed by atoms with Gasteiger partial charge in [-0.25, -0.2) is 4.98 Å². The van der Waals surface area contributed by atoms with Crippen molar-refractivity contribution in [1.29, 1.82) is 0 Å². The molecule has 0 spiro atoms. The number of benzene rings is 2. The highest BCUT2D eigenvalue weighted by atomic mass is 16.5. The number of aromatic nitrogens is 3. The van der Waals surface area contributed by atoms with E-state index in [0.717, 1.165) is 51.0 Å². The summed E-state index contributed by atoms with van der Waals surface area (Å²) in [7, 11) is 1.64. The van der Waals surface area contributed by atoms with Crippen molar-refractivity contribution in [2.75, 3.05) is 19.5 Å². The molecule has 4 heterocycles. The van der Waals surface area contributed by atoms with Crippen molar-refractivity contribution in [2.45, 2.75) is 45.4 Å². The highest BCUT2D eigenvalue weighted by molar-refractivity contribution is 6.02. The number of aliphatic hydroxyl groups excluding tert-OH is 1. The number of H-pyrrole nitrogens is 1. The maximum atomic E-state index is 14.0. The van der Waals surface area contributed by atoms with Gasteiger partial charge in [0.25, 0.3) is 5.91 Å². The van der Waals surface area contributed by atoms with Crippen molar-refractivity contribution in [3.8, 4) is 34.0 Å². The summed E-state index contributed by atoms with van der Waals surface area (Å²) in [5.74, 6) is 1.48. The fraction of sp³-hybridized carbons (Fsp3) is 0.273. The van der Waals surface area contributed by atoms with Crippen molar-refractivity contribution >= 4 is 22.6 Å². The predicted molar refractivity (Wildman–Crippen MR) is 164 cm³/mol. The predicted octanol–water partition coefficient (Wildman–Crippen LogP) is 4.97. The van der Waals surface area contributed by atoms with Gasteiger partial charge in [-0.05, 0) is 74.2 Å². The molecule has 0 fully saturated rings. The summed E-state index contributed by atoms with van der Waals surface area (Å²) in [4.78, 5) is 21.6. The number of fused-ring (bicyclic) bond motifs is 4. The Kier molecular flexibility index (Phi) is 7.34. The number of carbonyl (C=O) groups excluding carboxylic acids is 1. The van der Waals surface area contributed by atoms with Gasteiger partial charge in [-0.2, -0.15) is 0 Å². The molecule has 0 radical (unpaired) electrons. The molecule has 0 saturated heterocycles. The van der Waals surface area contributed by atoms with Crippen molar-refractivity contribution in [3.05, 3.63) is 83.7 Å². The molecular formula is C33H35N5O4. The third-order valence-electron chi connectivity index (χ3n) is 7.73. The van der Waals surface area contributed by atoms with Gasteiger partial charge in [0, 0.05) is 46.7 Å². The summed E-state index contributed by atoms with van der Waals surface area (Å²) in [5.41, 5.74) is 13.0. The highest BCUT2D eigenvalue weighted by Crippen LogP contribution is 2.42. The number of aliphatic hydroxyl groups is 1. The van der Waals surface area contributed by atoms with Crippen LogP contribution in [0.2, 0.25) is 0 Å².